The van der Waals surface area contributed by atoms with Crippen molar-refractivity contribution in [3.05, 3.63) is 88.5 Å². The second kappa shape index (κ2) is 14.1. The van der Waals surface area contributed by atoms with Crippen LogP contribution < -0.4 is 4.90 Å². The number of piperazine rings is 1. The van der Waals surface area contributed by atoms with Crippen molar-refractivity contribution in [2.24, 2.45) is 0 Å². The van der Waals surface area contributed by atoms with Crippen molar-refractivity contribution in [1.29, 1.82) is 0 Å². The van der Waals surface area contributed by atoms with E-state index in [2.05, 4.69) is 4.90 Å². The quantitative estimate of drug-likeness (QED) is 0.355. The van der Waals surface area contributed by atoms with Gasteiger partial charge in [0, 0.05) is 55.0 Å². The van der Waals surface area contributed by atoms with Crippen LogP contribution in [0, 0.1) is 0 Å². The van der Waals surface area contributed by atoms with E-state index in [1.54, 1.807) is 6.08 Å². The maximum absolute atomic E-state index is 13.6. The van der Waals surface area contributed by atoms with Crippen molar-refractivity contribution in [3.8, 4) is 0 Å². The molecule has 2 aliphatic rings. The first-order valence-electron chi connectivity index (χ1n) is 13.6. The lowest BCUT2D eigenvalue weighted by Crippen LogP contribution is -2.48. The van der Waals surface area contributed by atoms with E-state index in [0.717, 1.165) is 61.4 Å². The van der Waals surface area contributed by atoms with Gasteiger partial charge in [0.05, 0.1) is 22.4 Å². The molecule has 7 nitrogen and oxygen atoms in total. The third-order valence-corrected chi connectivity index (χ3v) is 7.50. The SMILES string of the molecule is C=O.O=C(c1ccc2nc(C3C=CC(F)=CC3)c(CCCCCO)nc2c1)N1CCN(c2ccc(Cl)cc2)CC1. The third-order valence-electron chi connectivity index (χ3n) is 7.25. The second-order valence-electron chi connectivity index (χ2n) is 9.84. The summed E-state index contributed by atoms with van der Waals surface area (Å²) >= 11 is 6.02. The first-order valence-corrected chi connectivity index (χ1v) is 13.9. The molecule has 2 aromatic carbocycles. The molecule has 1 N–H and O–H groups in total. The average Bonchev–Trinajstić information content (AvgIpc) is 3.00. The van der Waals surface area contributed by atoms with Crippen LogP contribution >= 0.6 is 11.6 Å². The molecule has 1 aromatic heterocycles. The minimum absolute atomic E-state index is 0.00569. The Bertz CT molecular complexity index is 1370. The van der Waals surface area contributed by atoms with Crippen molar-refractivity contribution in [3.63, 3.8) is 0 Å². The molecule has 9 heteroatoms. The van der Waals surface area contributed by atoms with E-state index in [-0.39, 0.29) is 24.3 Å². The summed E-state index contributed by atoms with van der Waals surface area (Å²) in [6, 6.07) is 13.3. The Balaban J connectivity index is 0.00000181. The van der Waals surface area contributed by atoms with Gasteiger partial charge in [0.1, 0.15) is 12.6 Å². The number of hydrogen-bond donors (Lipinski definition) is 1. The number of halogens is 2. The highest BCUT2D eigenvalue weighted by atomic mass is 35.5. The third kappa shape index (κ3) is 7.11. The maximum atomic E-state index is 13.6. The number of carbonyl (C=O) groups is 2. The van der Waals surface area contributed by atoms with Crippen LogP contribution in [0.25, 0.3) is 11.0 Å². The molecule has 40 heavy (non-hydrogen) atoms. The zero-order valence-corrected chi connectivity index (χ0v) is 23.2. The van der Waals surface area contributed by atoms with E-state index >= 15 is 0 Å². The van der Waals surface area contributed by atoms with Crippen molar-refractivity contribution < 1.29 is 19.1 Å². The van der Waals surface area contributed by atoms with Crippen LogP contribution in [0.15, 0.2) is 66.5 Å². The number of carbonyl (C=O) groups excluding carboxylic acids is 2. The number of aliphatic hydroxyl groups is 1. The number of fused-ring (bicyclic) bond motifs is 1. The number of anilines is 1. The van der Waals surface area contributed by atoms with Crippen LogP contribution in [0.1, 0.15) is 53.3 Å². The molecule has 0 bridgehead atoms. The van der Waals surface area contributed by atoms with E-state index in [1.807, 2.05) is 60.2 Å². The highest BCUT2D eigenvalue weighted by molar-refractivity contribution is 6.30. The van der Waals surface area contributed by atoms with Crippen molar-refractivity contribution in [2.45, 2.75) is 38.0 Å². The van der Waals surface area contributed by atoms with Crippen LogP contribution in [-0.2, 0) is 11.2 Å². The average molecular weight is 565 g/mol. The van der Waals surface area contributed by atoms with Crippen molar-refractivity contribution in [2.75, 3.05) is 37.7 Å². The Morgan fingerprint density at radius 1 is 1.00 bits per heavy atom. The monoisotopic (exact) mass is 564 g/mol. The van der Waals surface area contributed by atoms with Gasteiger partial charge in [0.15, 0.2) is 0 Å². The Morgan fingerprint density at radius 2 is 1.75 bits per heavy atom. The van der Waals surface area contributed by atoms with Crippen LogP contribution in [0.5, 0.6) is 0 Å². The smallest absolute Gasteiger partial charge is 0.254 e. The largest absolute Gasteiger partial charge is 0.396 e. The van der Waals surface area contributed by atoms with Gasteiger partial charge in [-0.3, -0.25) is 4.79 Å². The van der Waals surface area contributed by atoms with Crippen molar-refractivity contribution >= 4 is 41.0 Å². The fourth-order valence-electron chi connectivity index (χ4n) is 5.10. The second-order valence-corrected chi connectivity index (χ2v) is 10.3. The molecule has 2 heterocycles. The lowest BCUT2D eigenvalue weighted by Gasteiger charge is -2.36. The zero-order valence-electron chi connectivity index (χ0n) is 22.4. The number of aromatic nitrogens is 2. The zero-order chi connectivity index (χ0) is 28.5. The predicted molar refractivity (Wildman–Crippen MR) is 157 cm³/mol. The van der Waals surface area contributed by atoms with Gasteiger partial charge in [-0.1, -0.05) is 24.1 Å². The summed E-state index contributed by atoms with van der Waals surface area (Å²) in [6.45, 7) is 4.96. The summed E-state index contributed by atoms with van der Waals surface area (Å²) in [4.78, 5) is 35.4. The molecule has 210 valence electrons. The Hall–Kier alpha value is -3.62. The number of amides is 1. The summed E-state index contributed by atoms with van der Waals surface area (Å²) in [7, 11) is 0. The van der Waals surface area contributed by atoms with E-state index in [9.17, 15) is 9.18 Å². The minimum atomic E-state index is -0.225. The normalized spacial score (nSPS) is 16.9. The van der Waals surface area contributed by atoms with Gasteiger partial charge >= 0.3 is 0 Å². The lowest BCUT2D eigenvalue weighted by atomic mass is 9.93. The van der Waals surface area contributed by atoms with Crippen LogP contribution in [0.4, 0.5) is 10.1 Å². The first-order chi connectivity index (χ1) is 19.5. The standard InChI is InChI=1S/C30H32ClFN4O2.CH2O/c31-23-8-12-25(13-9-23)35-15-17-36(18-16-35)30(38)22-7-14-26-28(20-22)33-27(4-2-1-3-19-37)29(34-26)21-5-10-24(32)11-6-21;1-2/h5,7-14,20-21,37H,1-4,6,15-19H2;1H2. The van der Waals surface area contributed by atoms with E-state index in [4.69, 9.17) is 31.5 Å². The molecule has 5 rings (SSSR count). The van der Waals surface area contributed by atoms with Gasteiger partial charge < -0.3 is 19.7 Å². The molecule has 0 spiro atoms. The van der Waals surface area contributed by atoms with Crippen LogP contribution in [0.3, 0.4) is 0 Å². The van der Waals surface area contributed by atoms with Gasteiger partial charge in [-0.05, 0) is 80.3 Å². The topological polar surface area (TPSA) is 86.6 Å². The molecule has 1 unspecified atom stereocenters. The fourth-order valence-corrected chi connectivity index (χ4v) is 5.22. The predicted octanol–water partition coefficient (Wildman–Crippen LogP) is 5.66. The van der Waals surface area contributed by atoms with Crippen LogP contribution in [-0.4, -0.2) is 65.5 Å². The minimum Gasteiger partial charge on any atom is -0.396 e. The molecule has 1 amide bonds. The highest BCUT2D eigenvalue weighted by Gasteiger charge is 2.24. The molecule has 1 aliphatic carbocycles. The molecule has 1 atom stereocenters. The molecule has 1 aliphatic heterocycles. The molecule has 1 saturated heterocycles. The number of nitrogens with zero attached hydrogens (tertiary/aromatic N) is 4. The summed E-state index contributed by atoms with van der Waals surface area (Å²) in [6.07, 6.45) is 8.71. The number of hydrogen-bond acceptors (Lipinski definition) is 6. The summed E-state index contributed by atoms with van der Waals surface area (Å²) < 4.78 is 13.6. The Morgan fingerprint density at radius 3 is 2.42 bits per heavy atom. The number of aryl methyl sites for hydroxylation is 1. The molecule has 3 aromatic rings. The van der Waals surface area contributed by atoms with E-state index in [0.29, 0.717) is 35.6 Å². The Labute approximate surface area is 239 Å². The number of aliphatic hydroxyl groups excluding tert-OH is 1. The molecular weight excluding hydrogens is 531 g/mol. The van der Waals surface area contributed by atoms with Gasteiger partial charge in [0.25, 0.3) is 5.91 Å². The van der Waals surface area contributed by atoms with Crippen LogP contribution in [0.2, 0.25) is 5.02 Å². The number of rotatable bonds is 8. The fraction of sp³-hybridized carbons (Fsp3) is 0.355. The summed E-state index contributed by atoms with van der Waals surface area (Å²) in [5, 5.41) is 9.85. The summed E-state index contributed by atoms with van der Waals surface area (Å²) in [5.41, 5.74) is 4.87. The highest BCUT2D eigenvalue weighted by Crippen LogP contribution is 2.30. The number of unbranched alkanes of at least 4 members (excludes halogenated alkanes) is 2. The molecule has 0 saturated carbocycles. The number of allylic oxidation sites excluding steroid dienone is 4. The van der Waals surface area contributed by atoms with Crippen molar-refractivity contribution in [1.82, 2.24) is 14.9 Å². The van der Waals surface area contributed by atoms with Gasteiger partial charge in [0.2, 0.25) is 0 Å². The molecule has 0 radical (unpaired) electrons. The Kier molecular flexibility index (Phi) is 10.4. The van der Waals surface area contributed by atoms with E-state index in [1.165, 1.54) is 6.08 Å². The van der Waals surface area contributed by atoms with Gasteiger partial charge in [-0.2, -0.15) is 0 Å². The maximum Gasteiger partial charge on any atom is 0.254 e. The number of benzene rings is 2. The van der Waals surface area contributed by atoms with Gasteiger partial charge in [-0.25, -0.2) is 14.4 Å². The lowest BCUT2D eigenvalue weighted by molar-refractivity contribution is -0.0980. The first kappa shape index (κ1) is 29.4. The summed E-state index contributed by atoms with van der Waals surface area (Å²) in [5.74, 6) is -0.261. The van der Waals surface area contributed by atoms with E-state index < -0.39 is 0 Å². The van der Waals surface area contributed by atoms with Gasteiger partial charge in [-0.15, -0.1) is 0 Å². The molecular formula is C31H34ClFN4O3. The molecule has 1 fully saturated rings.